The number of benzene rings is 2. The van der Waals surface area contributed by atoms with Gasteiger partial charge in [-0.2, -0.15) is 0 Å². The minimum Gasteiger partial charge on any atom is -0.345 e. The van der Waals surface area contributed by atoms with Gasteiger partial charge in [0.2, 0.25) is 5.91 Å². The second-order valence-electron chi connectivity index (χ2n) is 7.40. The second-order valence-corrected chi connectivity index (χ2v) is 8.41. The van der Waals surface area contributed by atoms with Crippen LogP contribution in [-0.4, -0.2) is 46.9 Å². The highest BCUT2D eigenvalue weighted by Gasteiger charge is 2.22. The molecule has 0 aliphatic carbocycles. The summed E-state index contributed by atoms with van der Waals surface area (Å²) in [4.78, 5) is 31.8. The Kier molecular flexibility index (Phi) is 5.50. The van der Waals surface area contributed by atoms with E-state index < -0.39 is 4.92 Å². The van der Waals surface area contributed by atoms with Crippen molar-refractivity contribution >= 4 is 44.4 Å². The van der Waals surface area contributed by atoms with E-state index in [1.54, 1.807) is 34.4 Å². The molecule has 2 heterocycles. The zero-order valence-corrected chi connectivity index (χ0v) is 17.7. The molecular weight excluding hydrogens is 400 g/mol. The van der Waals surface area contributed by atoms with Gasteiger partial charge >= 0.3 is 0 Å². The van der Waals surface area contributed by atoms with Crippen LogP contribution in [0.5, 0.6) is 0 Å². The number of aryl methyl sites for hydroxylation is 2. The molecule has 3 aromatic rings. The third-order valence-corrected chi connectivity index (χ3v) is 6.43. The number of amides is 1. The lowest BCUT2D eigenvalue weighted by atomic mass is 10.1. The number of hydrogen-bond acceptors (Lipinski definition) is 6. The van der Waals surface area contributed by atoms with Crippen molar-refractivity contribution in [2.24, 2.45) is 0 Å². The van der Waals surface area contributed by atoms with Gasteiger partial charge in [-0.25, -0.2) is 4.98 Å². The molecule has 0 bridgehead atoms. The largest absolute Gasteiger partial charge is 0.345 e. The molecule has 0 radical (unpaired) electrons. The monoisotopic (exact) mass is 422 g/mol. The number of non-ortho nitro benzene ring substituents is 1. The zero-order chi connectivity index (χ0) is 21.3. The fourth-order valence-corrected chi connectivity index (χ4v) is 4.53. The van der Waals surface area contributed by atoms with Gasteiger partial charge in [-0.05, 0) is 48.7 Å². The Morgan fingerprint density at radius 2 is 1.87 bits per heavy atom. The molecule has 1 saturated heterocycles. The maximum absolute atomic E-state index is 12.5. The highest BCUT2D eigenvalue weighted by molar-refractivity contribution is 7.22. The number of carbonyl (C=O) groups excluding carboxylic acids is 1. The smallest absolute Gasteiger partial charge is 0.270 e. The highest BCUT2D eigenvalue weighted by Crippen LogP contribution is 2.31. The number of carbonyl (C=O) groups is 1. The van der Waals surface area contributed by atoms with Gasteiger partial charge in [-0.15, -0.1) is 0 Å². The fraction of sp³-hybridized carbons (Fsp3) is 0.273. The van der Waals surface area contributed by atoms with Crippen molar-refractivity contribution in [3.8, 4) is 0 Å². The quantitative estimate of drug-likeness (QED) is 0.358. The van der Waals surface area contributed by atoms with E-state index in [4.69, 9.17) is 4.98 Å². The van der Waals surface area contributed by atoms with Crippen molar-refractivity contribution in [2.45, 2.75) is 13.8 Å². The first-order valence-corrected chi connectivity index (χ1v) is 10.6. The standard InChI is InChI=1S/C22H22N4O3S/c1-15-12-19-20(13-16(15)2)30-22(23-19)25-10-8-24(9-11-25)21(27)7-6-17-4-3-5-18(14-17)26(28)29/h3-7,12-14H,8-11H2,1-2H3. The van der Waals surface area contributed by atoms with E-state index in [2.05, 4.69) is 30.9 Å². The van der Waals surface area contributed by atoms with Gasteiger partial charge in [-0.3, -0.25) is 14.9 Å². The van der Waals surface area contributed by atoms with Gasteiger partial charge in [0, 0.05) is 44.4 Å². The second kappa shape index (κ2) is 8.23. The molecule has 1 amide bonds. The van der Waals surface area contributed by atoms with Crippen LogP contribution in [0.3, 0.4) is 0 Å². The van der Waals surface area contributed by atoms with E-state index >= 15 is 0 Å². The van der Waals surface area contributed by atoms with Gasteiger partial charge in [0.15, 0.2) is 5.13 Å². The third-order valence-electron chi connectivity index (χ3n) is 5.35. The summed E-state index contributed by atoms with van der Waals surface area (Å²) in [6, 6.07) is 10.6. The topological polar surface area (TPSA) is 79.6 Å². The first-order valence-electron chi connectivity index (χ1n) is 9.75. The lowest BCUT2D eigenvalue weighted by Crippen LogP contribution is -2.48. The normalized spacial score (nSPS) is 14.6. The summed E-state index contributed by atoms with van der Waals surface area (Å²) in [6.07, 6.45) is 3.11. The van der Waals surface area contributed by atoms with E-state index in [1.807, 2.05) is 0 Å². The lowest BCUT2D eigenvalue weighted by molar-refractivity contribution is -0.384. The number of hydrogen-bond donors (Lipinski definition) is 0. The molecule has 1 fully saturated rings. The summed E-state index contributed by atoms with van der Waals surface area (Å²) in [6.45, 7) is 6.90. The van der Waals surface area contributed by atoms with Crippen LogP contribution in [0.4, 0.5) is 10.8 Å². The summed E-state index contributed by atoms with van der Waals surface area (Å²) in [5, 5.41) is 11.9. The van der Waals surface area contributed by atoms with E-state index in [1.165, 1.54) is 34.0 Å². The van der Waals surface area contributed by atoms with Gasteiger partial charge in [0.25, 0.3) is 5.69 Å². The minimum absolute atomic E-state index is 0.0134. The molecule has 0 saturated carbocycles. The molecule has 1 aliphatic heterocycles. The van der Waals surface area contributed by atoms with Gasteiger partial charge in [0.05, 0.1) is 15.1 Å². The number of thiazole rings is 1. The van der Waals surface area contributed by atoms with Crippen LogP contribution >= 0.6 is 11.3 Å². The Labute approximate surface area is 178 Å². The molecule has 8 heteroatoms. The van der Waals surface area contributed by atoms with Crippen molar-refractivity contribution in [3.63, 3.8) is 0 Å². The average molecular weight is 423 g/mol. The zero-order valence-electron chi connectivity index (χ0n) is 16.9. The molecule has 0 spiro atoms. The number of aromatic nitrogens is 1. The molecule has 7 nitrogen and oxygen atoms in total. The number of nitro benzene ring substituents is 1. The third kappa shape index (κ3) is 4.18. The number of anilines is 1. The van der Waals surface area contributed by atoms with Gasteiger partial charge in [-0.1, -0.05) is 23.5 Å². The Morgan fingerprint density at radius 1 is 1.13 bits per heavy atom. The Bertz CT molecular complexity index is 1110. The van der Waals surface area contributed by atoms with E-state index in [0.29, 0.717) is 18.7 Å². The van der Waals surface area contributed by atoms with E-state index in [-0.39, 0.29) is 11.6 Å². The SMILES string of the molecule is Cc1cc2nc(N3CCN(C(=O)C=Cc4cccc([N+](=O)[O-])c4)CC3)sc2cc1C. The molecule has 30 heavy (non-hydrogen) atoms. The molecule has 0 N–H and O–H groups in total. The molecule has 0 unspecified atom stereocenters. The summed E-state index contributed by atoms with van der Waals surface area (Å²) in [5.41, 5.74) is 4.18. The van der Waals surface area contributed by atoms with Crippen molar-refractivity contribution in [1.82, 2.24) is 9.88 Å². The van der Waals surface area contributed by atoms with Crippen LogP contribution in [-0.2, 0) is 4.79 Å². The van der Waals surface area contributed by atoms with Crippen LogP contribution in [0.15, 0.2) is 42.5 Å². The summed E-state index contributed by atoms with van der Waals surface area (Å²) in [7, 11) is 0. The number of fused-ring (bicyclic) bond motifs is 1. The van der Waals surface area contributed by atoms with Gasteiger partial charge < -0.3 is 9.80 Å². The predicted octanol–water partition coefficient (Wildman–Crippen LogP) is 4.18. The van der Waals surface area contributed by atoms with Crippen LogP contribution in [0, 0.1) is 24.0 Å². The van der Waals surface area contributed by atoms with Gasteiger partial charge in [0.1, 0.15) is 0 Å². The van der Waals surface area contributed by atoms with Crippen LogP contribution < -0.4 is 4.90 Å². The number of nitro groups is 1. The Morgan fingerprint density at radius 3 is 2.60 bits per heavy atom. The maximum atomic E-state index is 12.5. The van der Waals surface area contributed by atoms with Crippen molar-refractivity contribution in [1.29, 1.82) is 0 Å². The first kappa shape index (κ1) is 20.0. The van der Waals surface area contributed by atoms with Crippen molar-refractivity contribution < 1.29 is 9.72 Å². The van der Waals surface area contributed by atoms with Crippen LogP contribution in [0.2, 0.25) is 0 Å². The molecule has 2 aromatic carbocycles. The van der Waals surface area contributed by atoms with E-state index in [0.717, 1.165) is 23.7 Å². The average Bonchev–Trinajstić information content (AvgIpc) is 3.15. The highest BCUT2D eigenvalue weighted by atomic mass is 32.1. The number of piperazine rings is 1. The van der Waals surface area contributed by atoms with Crippen LogP contribution in [0.1, 0.15) is 16.7 Å². The van der Waals surface area contributed by atoms with E-state index in [9.17, 15) is 14.9 Å². The summed E-state index contributed by atoms with van der Waals surface area (Å²) >= 11 is 1.69. The molecular formula is C22H22N4O3S. The molecule has 0 atom stereocenters. The Hall–Kier alpha value is -3.26. The van der Waals surface area contributed by atoms with Crippen LogP contribution in [0.25, 0.3) is 16.3 Å². The summed E-state index contributed by atoms with van der Waals surface area (Å²) in [5.74, 6) is -0.0864. The number of nitrogens with zero attached hydrogens (tertiary/aromatic N) is 4. The van der Waals surface area contributed by atoms with Crippen molar-refractivity contribution in [2.75, 3.05) is 31.1 Å². The predicted molar refractivity (Wildman–Crippen MR) is 120 cm³/mol. The fourth-order valence-electron chi connectivity index (χ4n) is 3.44. The minimum atomic E-state index is -0.441. The Balaban J connectivity index is 1.39. The molecule has 154 valence electrons. The molecule has 4 rings (SSSR count). The molecule has 1 aliphatic rings. The number of rotatable bonds is 4. The van der Waals surface area contributed by atoms with Crippen molar-refractivity contribution in [3.05, 3.63) is 69.3 Å². The maximum Gasteiger partial charge on any atom is 0.270 e. The lowest BCUT2D eigenvalue weighted by Gasteiger charge is -2.34. The summed E-state index contributed by atoms with van der Waals surface area (Å²) < 4.78 is 1.19. The first-order chi connectivity index (χ1) is 14.4. The molecule has 1 aromatic heterocycles.